The number of hydrogen-bond donors (Lipinski definition) is 2. The number of fused-ring (bicyclic) bond motifs is 1. The predicted molar refractivity (Wildman–Crippen MR) is 116 cm³/mol. The van der Waals surface area contributed by atoms with Crippen molar-refractivity contribution in [2.45, 2.75) is 41.0 Å². The highest BCUT2D eigenvalue weighted by Crippen LogP contribution is 2.24. The zero-order valence-corrected chi connectivity index (χ0v) is 18.6. The van der Waals surface area contributed by atoms with E-state index in [1.165, 1.54) is 32.7 Å². The summed E-state index contributed by atoms with van der Waals surface area (Å²) >= 11 is 0. The molecule has 0 radical (unpaired) electrons. The number of aromatic nitrogens is 3. The topological polar surface area (TPSA) is 63.7 Å². The standard InChI is InChI=1S/C23H31N5O/c1-14-10-15(2)19(16(3)11-14)12-20-17(4)26-22-21(13-25-28(22)18(20)5)23(29)24-8-9-27(6)7/h10-11,13H,8-9,12H2,1-7H3,(H,24,29)/p+1. The summed E-state index contributed by atoms with van der Waals surface area (Å²) in [6.45, 7) is 12.0. The Morgan fingerprint density at radius 3 is 2.34 bits per heavy atom. The summed E-state index contributed by atoms with van der Waals surface area (Å²) in [5, 5.41) is 7.44. The third kappa shape index (κ3) is 4.32. The van der Waals surface area contributed by atoms with Crippen LogP contribution in [-0.2, 0) is 6.42 Å². The lowest BCUT2D eigenvalue weighted by atomic mass is 9.93. The SMILES string of the molecule is Cc1cc(C)c(Cc2c(C)nc3c(C(=O)NCC[NH+](C)C)cnn3c2C)c(C)c1. The average Bonchev–Trinajstić information content (AvgIpc) is 3.03. The second kappa shape index (κ2) is 8.33. The number of hydrogen-bond acceptors (Lipinski definition) is 3. The molecule has 0 aliphatic rings. The molecule has 0 saturated heterocycles. The van der Waals surface area contributed by atoms with Gasteiger partial charge in [-0.15, -0.1) is 0 Å². The number of amides is 1. The molecule has 0 saturated carbocycles. The molecule has 0 aliphatic heterocycles. The fourth-order valence-electron chi connectivity index (χ4n) is 3.91. The number of nitrogens with zero attached hydrogens (tertiary/aromatic N) is 3. The Balaban J connectivity index is 1.96. The van der Waals surface area contributed by atoms with E-state index in [9.17, 15) is 4.79 Å². The molecule has 6 nitrogen and oxygen atoms in total. The van der Waals surface area contributed by atoms with E-state index in [0.29, 0.717) is 17.8 Å². The van der Waals surface area contributed by atoms with Crippen LogP contribution in [0.4, 0.5) is 0 Å². The lowest BCUT2D eigenvalue weighted by molar-refractivity contribution is -0.856. The van der Waals surface area contributed by atoms with Gasteiger partial charge in [-0.25, -0.2) is 9.50 Å². The van der Waals surface area contributed by atoms with Crippen LogP contribution < -0.4 is 10.2 Å². The third-order valence-corrected chi connectivity index (χ3v) is 5.56. The molecule has 3 aromatic rings. The number of benzene rings is 1. The second-order valence-electron chi connectivity index (χ2n) is 8.32. The Morgan fingerprint density at radius 1 is 1.07 bits per heavy atom. The Hall–Kier alpha value is -2.73. The number of carbonyl (C=O) groups is 1. The monoisotopic (exact) mass is 394 g/mol. The summed E-state index contributed by atoms with van der Waals surface area (Å²) in [6, 6.07) is 4.45. The van der Waals surface area contributed by atoms with Crippen molar-refractivity contribution < 1.29 is 9.69 Å². The number of quaternary nitrogens is 1. The van der Waals surface area contributed by atoms with E-state index in [1.807, 2.05) is 6.92 Å². The van der Waals surface area contributed by atoms with Crippen molar-refractivity contribution in [3.8, 4) is 0 Å². The molecule has 1 aromatic carbocycles. The Morgan fingerprint density at radius 2 is 1.72 bits per heavy atom. The summed E-state index contributed by atoms with van der Waals surface area (Å²) in [5.41, 5.74) is 9.50. The van der Waals surface area contributed by atoms with Crippen LogP contribution >= 0.6 is 0 Å². The fraction of sp³-hybridized carbons (Fsp3) is 0.435. The van der Waals surface area contributed by atoms with E-state index >= 15 is 0 Å². The molecule has 0 atom stereocenters. The van der Waals surface area contributed by atoms with Gasteiger partial charge in [0, 0.05) is 17.8 Å². The number of aryl methyl sites for hydroxylation is 5. The van der Waals surface area contributed by atoms with Gasteiger partial charge in [-0.2, -0.15) is 5.10 Å². The van der Waals surface area contributed by atoms with E-state index < -0.39 is 0 Å². The Bertz CT molecular complexity index is 1040. The van der Waals surface area contributed by atoms with Crippen LogP contribution in [0.1, 0.15) is 49.6 Å². The van der Waals surface area contributed by atoms with Gasteiger partial charge in [-0.3, -0.25) is 4.79 Å². The molecule has 154 valence electrons. The van der Waals surface area contributed by atoms with Gasteiger partial charge >= 0.3 is 0 Å². The van der Waals surface area contributed by atoms with Gasteiger partial charge in [0.05, 0.1) is 33.4 Å². The van der Waals surface area contributed by atoms with Crippen LogP contribution in [0.2, 0.25) is 0 Å². The molecular formula is C23H32N5O+. The first-order chi connectivity index (χ1) is 13.7. The molecule has 29 heavy (non-hydrogen) atoms. The first-order valence-corrected chi connectivity index (χ1v) is 10.2. The van der Waals surface area contributed by atoms with Gasteiger partial charge in [-0.05, 0) is 56.9 Å². The molecule has 3 rings (SSSR count). The zero-order valence-electron chi connectivity index (χ0n) is 18.6. The molecular weight excluding hydrogens is 362 g/mol. The Kier molecular flexibility index (Phi) is 6.03. The minimum atomic E-state index is -0.120. The maximum Gasteiger partial charge on any atom is 0.256 e. The molecule has 2 aromatic heterocycles. The minimum Gasteiger partial charge on any atom is -0.346 e. The first kappa shape index (κ1) is 21.0. The van der Waals surface area contributed by atoms with Crippen LogP contribution in [0.5, 0.6) is 0 Å². The number of nitrogens with one attached hydrogen (secondary N) is 2. The molecule has 6 heteroatoms. The van der Waals surface area contributed by atoms with Gasteiger partial charge in [0.15, 0.2) is 5.65 Å². The summed E-state index contributed by atoms with van der Waals surface area (Å²) in [7, 11) is 4.13. The number of rotatable bonds is 6. The molecule has 1 amide bonds. The summed E-state index contributed by atoms with van der Waals surface area (Å²) in [6.07, 6.45) is 2.43. The maximum absolute atomic E-state index is 12.6. The van der Waals surface area contributed by atoms with Crippen LogP contribution in [0, 0.1) is 34.6 Å². The fourth-order valence-corrected chi connectivity index (χ4v) is 3.91. The lowest BCUT2D eigenvalue weighted by Crippen LogP contribution is -3.06. The summed E-state index contributed by atoms with van der Waals surface area (Å²) < 4.78 is 1.80. The average molecular weight is 395 g/mol. The van der Waals surface area contributed by atoms with Crippen molar-refractivity contribution in [3.63, 3.8) is 0 Å². The van der Waals surface area contributed by atoms with E-state index in [4.69, 9.17) is 4.98 Å². The van der Waals surface area contributed by atoms with Crippen molar-refractivity contribution in [2.24, 2.45) is 0 Å². The summed E-state index contributed by atoms with van der Waals surface area (Å²) in [5.74, 6) is -0.120. The van der Waals surface area contributed by atoms with Gasteiger partial charge in [0.1, 0.15) is 5.56 Å². The highest BCUT2D eigenvalue weighted by Gasteiger charge is 2.19. The van der Waals surface area contributed by atoms with Crippen molar-refractivity contribution in [2.75, 3.05) is 27.2 Å². The molecule has 2 heterocycles. The Labute approximate surface area is 172 Å². The quantitative estimate of drug-likeness (QED) is 0.669. The normalized spacial score (nSPS) is 11.4. The smallest absolute Gasteiger partial charge is 0.256 e. The van der Waals surface area contributed by atoms with Gasteiger partial charge in [0.2, 0.25) is 0 Å². The third-order valence-electron chi connectivity index (χ3n) is 5.56. The van der Waals surface area contributed by atoms with Crippen molar-refractivity contribution in [1.82, 2.24) is 19.9 Å². The minimum absolute atomic E-state index is 0.120. The zero-order chi connectivity index (χ0) is 21.3. The van der Waals surface area contributed by atoms with Gasteiger partial charge < -0.3 is 10.2 Å². The van der Waals surface area contributed by atoms with E-state index in [0.717, 1.165) is 24.4 Å². The predicted octanol–water partition coefficient (Wildman–Crippen LogP) is 1.74. The molecule has 0 fully saturated rings. The van der Waals surface area contributed by atoms with E-state index in [-0.39, 0.29) is 5.91 Å². The number of carbonyl (C=O) groups excluding carboxylic acids is 1. The molecule has 0 bridgehead atoms. The van der Waals surface area contributed by atoms with Crippen LogP contribution in [0.15, 0.2) is 18.3 Å². The van der Waals surface area contributed by atoms with Gasteiger partial charge in [0.25, 0.3) is 5.91 Å². The van der Waals surface area contributed by atoms with Crippen LogP contribution in [0.25, 0.3) is 5.65 Å². The molecule has 0 unspecified atom stereocenters. The summed E-state index contributed by atoms with van der Waals surface area (Å²) in [4.78, 5) is 18.7. The highest BCUT2D eigenvalue weighted by molar-refractivity contribution is 5.99. The van der Waals surface area contributed by atoms with Gasteiger partial charge in [-0.1, -0.05) is 17.7 Å². The van der Waals surface area contributed by atoms with Crippen molar-refractivity contribution in [3.05, 3.63) is 63.1 Å². The van der Waals surface area contributed by atoms with Crippen LogP contribution in [0.3, 0.4) is 0 Å². The largest absolute Gasteiger partial charge is 0.346 e. The lowest BCUT2D eigenvalue weighted by Gasteiger charge is -2.16. The molecule has 0 aliphatic carbocycles. The first-order valence-electron chi connectivity index (χ1n) is 10.2. The second-order valence-corrected chi connectivity index (χ2v) is 8.32. The van der Waals surface area contributed by atoms with E-state index in [2.05, 4.69) is 64.3 Å². The molecule has 2 N–H and O–H groups in total. The van der Waals surface area contributed by atoms with Crippen LogP contribution in [-0.4, -0.2) is 47.7 Å². The van der Waals surface area contributed by atoms with Crippen molar-refractivity contribution in [1.29, 1.82) is 0 Å². The molecule has 0 spiro atoms. The van der Waals surface area contributed by atoms with Crippen molar-refractivity contribution >= 4 is 11.6 Å². The maximum atomic E-state index is 12.6. The highest BCUT2D eigenvalue weighted by atomic mass is 16.1. The van der Waals surface area contributed by atoms with E-state index in [1.54, 1.807) is 10.7 Å². The number of likely N-dealkylation sites (N-methyl/N-ethyl adjacent to an activating group) is 1.